The molecular formula is C24H31N3O3. The number of likely N-dealkylation sites (tertiary alicyclic amines) is 1. The van der Waals surface area contributed by atoms with Crippen LogP contribution >= 0.6 is 0 Å². The molecule has 0 saturated carbocycles. The van der Waals surface area contributed by atoms with Crippen molar-refractivity contribution in [1.82, 2.24) is 10.2 Å². The fourth-order valence-electron chi connectivity index (χ4n) is 3.86. The van der Waals surface area contributed by atoms with E-state index in [1.165, 1.54) is 0 Å². The SMILES string of the molecule is COc1cccc(CNC(=O)[C@@]2(C)CCCN(C(=O)Nc3cccc(C)c3C)C2)c1. The number of carbonyl (C=O) groups is 2. The van der Waals surface area contributed by atoms with E-state index in [1.54, 1.807) is 12.0 Å². The van der Waals surface area contributed by atoms with Crippen LogP contribution in [0.15, 0.2) is 42.5 Å². The maximum atomic E-state index is 13.0. The number of amides is 3. The third-order valence-corrected chi connectivity index (χ3v) is 5.97. The Morgan fingerprint density at radius 1 is 1.17 bits per heavy atom. The summed E-state index contributed by atoms with van der Waals surface area (Å²) in [6, 6.07) is 13.4. The van der Waals surface area contributed by atoms with Gasteiger partial charge >= 0.3 is 6.03 Å². The van der Waals surface area contributed by atoms with Crippen molar-refractivity contribution in [3.63, 3.8) is 0 Å². The van der Waals surface area contributed by atoms with Crippen molar-refractivity contribution in [2.24, 2.45) is 5.41 Å². The average Bonchev–Trinajstić information content (AvgIpc) is 2.75. The van der Waals surface area contributed by atoms with E-state index in [1.807, 2.05) is 63.2 Å². The minimum absolute atomic E-state index is 0.0328. The molecular weight excluding hydrogens is 378 g/mol. The molecule has 0 spiro atoms. The Morgan fingerprint density at radius 3 is 2.70 bits per heavy atom. The monoisotopic (exact) mass is 409 g/mol. The number of hydrogen-bond donors (Lipinski definition) is 2. The molecule has 1 aliphatic heterocycles. The van der Waals surface area contributed by atoms with Gasteiger partial charge in [-0.15, -0.1) is 0 Å². The zero-order valence-electron chi connectivity index (χ0n) is 18.2. The lowest BCUT2D eigenvalue weighted by Crippen LogP contribution is -2.52. The van der Waals surface area contributed by atoms with Gasteiger partial charge in [0.15, 0.2) is 0 Å². The summed E-state index contributed by atoms with van der Waals surface area (Å²) in [7, 11) is 1.62. The number of hydrogen-bond acceptors (Lipinski definition) is 3. The second kappa shape index (κ2) is 9.20. The first-order valence-corrected chi connectivity index (χ1v) is 10.4. The number of carbonyl (C=O) groups excluding carboxylic acids is 2. The second-order valence-corrected chi connectivity index (χ2v) is 8.30. The molecule has 1 heterocycles. The van der Waals surface area contributed by atoms with Gasteiger partial charge in [-0.05, 0) is 68.5 Å². The van der Waals surface area contributed by atoms with Gasteiger partial charge in [0.1, 0.15) is 5.75 Å². The van der Waals surface area contributed by atoms with E-state index in [0.29, 0.717) is 19.6 Å². The highest BCUT2D eigenvalue weighted by atomic mass is 16.5. The first-order chi connectivity index (χ1) is 14.3. The fourth-order valence-corrected chi connectivity index (χ4v) is 3.86. The number of benzene rings is 2. The second-order valence-electron chi connectivity index (χ2n) is 8.30. The quantitative estimate of drug-likeness (QED) is 0.775. The number of aryl methyl sites for hydroxylation is 1. The number of methoxy groups -OCH3 is 1. The summed E-state index contributed by atoms with van der Waals surface area (Å²) in [5.41, 5.74) is 3.37. The summed E-state index contributed by atoms with van der Waals surface area (Å²) in [5.74, 6) is 0.731. The average molecular weight is 410 g/mol. The molecule has 1 atom stereocenters. The Balaban J connectivity index is 1.62. The summed E-state index contributed by atoms with van der Waals surface area (Å²) < 4.78 is 5.24. The summed E-state index contributed by atoms with van der Waals surface area (Å²) >= 11 is 0. The molecule has 30 heavy (non-hydrogen) atoms. The number of nitrogens with one attached hydrogen (secondary N) is 2. The van der Waals surface area contributed by atoms with Gasteiger partial charge in [0.2, 0.25) is 5.91 Å². The first-order valence-electron chi connectivity index (χ1n) is 10.4. The predicted molar refractivity (Wildman–Crippen MR) is 119 cm³/mol. The molecule has 6 nitrogen and oxygen atoms in total. The van der Waals surface area contributed by atoms with Crippen molar-refractivity contribution in [2.75, 3.05) is 25.5 Å². The van der Waals surface area contributed by atoms with Crippen LogP contribution in [0.1, 0.15) is 36.5 Å². The van der Waals surface area contributed by atoms with Gasteiger partial charge in [0.25, 0.3) is 0 Å². The lowest BCUT2D eigenvalue weighted by atomic mass is 9.81. The highest BCUT2D eigenvalue weighted by Gasteiger charge is 2.39. The maximum Gasteiger partial charge on any atom is 0.321 e. The lowest BCUT2D eigenvalue weighted by molar-refractivity contribution is -0.132. The third kappa shape index (κ3) is 4.93. The topological polar surface area (TPSA) is 70.7 Å². The van der Waals surface area contributed by atoms with Crippen LogP contribution in [-0.4, -0.2) is 37.0 Å². The van der Waals surface area contributed by atoms with Crippen LogP contribution < -0.4 is 15.4 Å². The van der Waals surface area contributed by atoms with E-state index in [2.05, 4.69) is 10.6 Å². The number of rotatable bonds is 5. The van der Waals surface area contributed by atoms with Gasteiger partial charge < -0.3 is 20.3 Å². The van der Waals surface area contributed by atoms with E-state index >= 15 is 0 Å². The van der Waals surface area contributed by atoms with Crippen molar-refractivity contribution >= 4 is 17.6 Å². The zero-order valence-corrected chi connectivity index (χ0v) is 18.2. The minimum atomic E-state index is -0.615. The molecule has 3 rings (SSSR count). The van der Waals surface area contributed by atoms with Crippen molar-refractivity contribution in [2.45, 2.75) is 40.2 Å². The molecule has 0 aliphatic carbocycles. The maximum absolute atomic E-state index is 13.0. The van der Waals surface area contributed by atoms with E-state index in [0.717, 1.165) is 41.0 Å². The van der Waals surface area contributed by atoms with Crippen molar-refractivity contribution < 1.29 is 14.3 Å². The molecule has 3 amide bonds. The summed E-state index contributed by atoms with van der Waals surface area (Å²) in [5, 5.41) is 6.04. The summed E-state index contributed by atoms with van der Waals surface area (Å²) in [6.07, 6.45) is 1.55. The van der Waals surface area contributed by atoms with Gasteiger partial charge in [-0.1, -0.05) is 24.3 Å². The molecule has 6 heteroatoms. The molecule has 1 saturated heterocycles. The molecule has 0 unspecified atom stereocenters. The van der Waals surface area contributed by atoms with Crippen LogP contribution in [0, 0.1) is 19.3 Å². The number of nitrogens with zero attached hydrogens (tertiary/aromatic N) is 1. The van der Waals surface area contributed by atoms with Crippen molar-refractivity contribution in [3.8, 4) is 5.75 Å². The Morgan fingerprint density at radius 2 is 1.93 bits per heavy atom. The molecule has 0 radical (unpaired) electrons. The molecule has 1 fully saturated rings. The largest absolute Gasteiger partial charge is 0.497 e. The van der Waals surface area contributed by atoms with Crippen LogP contribution in [0.25, 0.3) is 0 Å². The molecule has 2 aromatic carbocycles. The van der Waals surface area contributed by atoms with Gasteiger partial charge in [-0.25, -0.2) is 4.79 Å². The van der Waals surface area contributed by atoms with Gasteiger partial charge in [0.05, 0.1) is 12.5 Å². The molecule has 0 bridgehead atoms. The number of anilines is 1. The molecule has 160 valence electrons. The molecule has 2 N–H and O–H groups in total. The Hall–Kier alpha value is -3.02. The Bertz CT molecular complexity index is 928. The summed E-state index contributed by atoms with van der Waals surface area (Å²) in [6.45, 7) is 7.43. The van der Waals surface area contributed by atoms with Crippen LogP contribution in [-0.2, 0) is 11.3 Å². The fraction of sp³-hybridized carbons (Fsp3) is 0.417. The zero-order chi connectivity index (χ0) is 21.7. The van der Waals surface area contributed by atoms with Crippen LogP contribution in [0.4, 0.5) is 10.5 Å². The lowest BCUT2D eigenvalue weighted by Gasteiger charge is -2.39. The van der Waals surface area contributed by atoms with Crippen LogP contribution in [0.5, 0.6) is 5.75 Å². The highest BCUT2D eigenvalue weighted by molar-refractivity contribution is 5.91. The van der Waals surface area contributed by atoms with Crippen LogP contribution in [0.3, 0.4) is 0 Å². The van der Waals surface area contributed by atoms with E-state index in [4.69, 9.17) is 4.74 Å². The normalized spacial score (nSPS) is 18.6. The smallest absolute Gasteiger partial charge is 0.321 e. The van der Waals surface area contributed by atoms with E-state index in [9.17, 15) is 9.59 Å². The Kier molecular flexibility index (Phi) is 6.65. The van der Waals surface area contributed by atoms with Gasteiger partial charge in [0, 0.05) is 25.3 Å². The standard InChI is InChI=1S/C24H31N3O3/c1-17-8-5-11-21(18(17)2)26-23(29)27-13-7-12-24(3,16-27)22(28)25-15-19-9-6-10-20(14-19)30-4/h5-6,8-11,14H,7,12-13,15-16H2,1-4H3,(H,25,28)(H,26,29)/t24-/m0/s1. The predicted octanol–water partition coefficient (Wildman–Crippen LogP) is 4.26. The summed E-state index contributed by atoms with van der Waals surface area (Å²) in [4.78, 5) is 27.6. The third-order valence-electron chi connectivity index (χ3n) is 5.97. The van der Waals surface area contributed by atoms with E-state index < -0.39 is 5.41 Å². The van der Waals surface area contributed by atoms with Crippen molar-refractivity contribution in [1.29, 1.82) is 0 Å². The molecule has 1 aliphatic rings. The molecule has 0 aromatic heterocycles. The highest BCUT2D eigenvalue weighted by Crippen LogP contribution is 2.30. The number of piperidine rings is 1. The number of ether oxygens (including phenoxy) is 1. The van der Waals surface area contributed by atoms with Gasteiger partial charge in [-0.3, -0.25) is 4.79 Å². The molecule has 2 aromatic rings. The Labute approximate surface area is 178 Å². The number of urea groups is 1. The minimum Gasteiger partial charge on any atom is -0.497 e. The van der Waals surface area contributed by atoms with Crippen LogP contribution in [0.2, 0.25) is 0 Å². The van der Waals surface area contributed by atoms with Crippen molar-refractivity contribution in [3.05, 3.63) is 59.2 Å². The van der Waals surface area contributed by atoms with Gasteiger partial charge in [-0.2, -0.15) is 0 Å². The van der Waals surface area contributed by atoms with E-state index in [-0.39, 0.29) is 11.9 Å². The first kappa shape index (κ1) is 21.7.